The Labute approximate surface area is 117 Å². The number of aromatic nitrogens is 1. The normalized spacial score (nSPS) is 12.4. The van der Waals surface area contributed by atoms with Gasteiger partial charge in [-0.15, -0.1) is 0 Å². The topological polar surface area (TPSA) is 40.8 Å². The van der Waals surface area contributed by atoms with Crippen molar-refractivity contribution >= 4 is 0 Å². The first-order valence-corrected chi connectivity index (χ1v) is 7.42. The molecule has 0 amide bonds. The summed E-state index contributed by atoms with van der Waals surface area (Å²) in [6.45, 7) is 7.43. The average molecular weight is 261 g/mol. The summed E-state index contributed by atoms with van der Waals surface area (Å²) in [7, 11) is 1.96. The lowest BCUT2D eigenvalue weighted by Crippen LogP contribution is -2.28. The van der Waals surface area contributed by atoms with E-state index in [9.17, 15) is 0 Å². The van der Waals surface area contributed by atoms with Crippen molar-refractivity contribution in [2.45, 2.75) is 65.5 Å². The third kappa shape index (κ3) is 4.40. The molecule has 19 heavy (non-hydrogen) atoms. The van der Waals surface area contributed by atoms with E-state index >= 15 is 0 Å². The fourth-order valence-electron chi connectivity index (χ4n) is 2.45. The van der Waals surface area contributed by atoms with Crippen LogP contribution in [-0.4, -0.2) is 10.6 Å². The molecule has 1 aromatic heterocycles. The second-order valence-corrected chi connectivity index (χ2v) is 5.32. The van der Waals surface area contributed by atoms with Gasteiger partial charge in [-0.25, -0.2) is 0 Å². The summed E-state index contributed by atoms with van der Waals surface area (Å²) < 4.78 is 1.97. The van der Waals surface area contributed by atoms with Crippen LogP contribution in [0.25, 0.3) is 0 Å². The number of nitrogens with one attached hydrogen (secondary N) is 1. The Kier molecular flexibility index (Phi) is 6.66. The monoisotopic (exact) mass is 261 g/mol. The molecule has 1 N–H and O–H groups in total. The van der Waals surface area contributed by atoms with E-state index in [-0.39, 0.29) is 0 Å². The van der Waals surface area contributed by atoms with Crippen LogP contribution in [0.15, 0.2) is 6.07 Å². The summed E-state index contributed by atoms with van der Waals surface area (Å²) in [5.74, 6) is 0. The predicted octanol–water partition coefficient (Wildman–Crippen LogP) is 3.65. The Morgan fingerprint density at radius 3 is 2.58 bits per heavy atom. The largest absolute Gasteiger partial charge is 0.340 e. The first-order valence-electron chi connectivity index (χ1n) is 7.42. The van der Waals surface area contributed by atoms with Gasteiger partial charge in [0.2, 0.25) is 0 Å². The maximum Gasteiger partial charge on any atom is 0.120 e. The number of unbranched alkanes of at least 4 members (excludes halogenated alkanes) is 1. The van der Waals surface area contributed by atoms with Crippen molar-refractivity contribution in [2.75, 3.05) is 0 Å². The highest BCUT2D eigenvalue weighted by Crippen LogP contribution is 2.14. The predicted molar refractivity (Wildman–Crippen MR) is 79.9 cm³/mol. The zero-order valence-electron chi connectivity index (χ0n) is 12.8. The van der Waals surface area contributed by atoms with E-state index < -0.39 is 0 Å². The molecule has 3 heteroatoms. The Balaban J connectivity index is 2.61. The van der Waals surface area contributed by atoms with Gasteiger partial charge in [0.15, 0.2) is 0 Å². The summed E-state index contributed by atoms with van der Waals surface area (Å²) >= 11 is 0. The van der Waals surface area contributed by atoms with Gasteiger partial charge in [0.05, 0.1) is 0 Å². The zero-order valence-corrected chi connectivity index (χ0v) is 12.8. The Hall–Kier alpha value is -1.27. The first-order chi connectivity index (χ1) is 9.13. The highest BCUT2D eigenvalue weighted by atomic mass is 15.0. The van der Waals surface area contributed by atoms with E-state index in [1.165, 1.54) is 43.4 Å². The minimum absolute atomic E-state index is 0.607. The summed E-state index contributed by atoms with van der Waals surface area (Å²) in [6, 6.07) is 4.85. The van der Waals surface area contributed by atoms with Gasteiger partial charge in [-0.05, 0) is 31.4 Å². The van der Waals surface area contributed by atoms with Crippen molar-refractivity contribution in [1.82, 2.24) is 9.88 Å². The van der Waals surface area contributed by atoms with Crippen LogP contribution in [-0.2, 0) is 13.6 Å². The highest BCUT2D eigenvalue weighted by molar-refractivity contribution is 5.34. The maximum absolute atomic E-state index is 9.04. The molecule has 0 aliphatic heterocycles. The molecule has 0 aliphatic carbocycles. The lowest BCUT2D eigenvalue weighted by molar-refractivity contribution is 0.433. The third-order valence-electron chi connectivity index (χ3n) is 3.88. The van der Waals surface area contributed by atoms with Gasteiger partial charge < -0.3 is 9.88 Å². The van der Waals surface area contributed by atoms with Crippen LogP contribution in [0, 0.1) is 18.3 Å². The van der Waals surface area contributed by atoms with Crippen molar-refractivity contribution in [3.8, 4) is 6.07 Å². The zero-order chi connectivity index (χ0) is 14.3. The van der Waals surface area contributed by atoms with E-state index in [1.807, 2.05) is 17.7 Å². The molecule has 0 saturated carbocycles. The van der Waals surface area contributed by atoms with Gasteiger partial charge in [0, 0.05) is 25.3 Å². The van der Waals surface area contributed by atoms with Crippen molar-refractivity contribution in [2.24, 2.45) is 7.05 Å². The van der Waals surface area contributed by atoms with Crippen molar-refractivity contribution < 1.29 is 0 Å². The second kappa shape index (κ2) is 8.01. The minimum Gasteiger partial charge on any atom is -0.340 e. The van der Waals surface area contributed by atoms with Gasteiger partial charge >= 0.3 is 0 Å². The van der Waals surface area contributed by atoms with Crippen LogP contribution in [0.4, 0.5) is 0 Å². The third-order valence-corrected chi connectivity index (χ3v) is 3.88. The average Bonchev–Trinajstić information content (AvgIpc) is 2.69. The van der Waals surface area contributed by atoms with Gasteiger partial charge in [-0.1, -0.05) is 33.1 Å². The summed E-state index contributed by atoms with van der Waals surface area (Å²) in [4.78, 5) is 0. The van der Waals surface area contributed by atoms with E-state index in [2.05, 4.69) is 32.2 Å². The second-order valence-electron chi connectivity index (χ2n) is 5.32. The van der Waals surface area contributed by atoms with E-state index in [0.29, 0.717) is 6.04 Å². The minimum atomic E-state index is 0.607. The Morgan fingerprint density at radius 2 is 2.05 bits per heavy atom. The molecule has 106 valence electrons. The smallest absolute Gasteiger partial charge is 0.120 e. The Bertz CT molecular complexity index is 426. The van der Waals surface area contributed by atoms with Crippen LogP contribution < -0.4 is 5.32 Å². The van der Waals surface area contributed by atoms with Crippen LogP contribution >= 0.6 is 0 Å². The number of hydrogen-bond acceptors (Lipinski definition) is 2. The molecular weight excluding hydrogens is 234 g/mol. The number of nitriles is 1. The molecule has 0 radical (unpaired) electrons. The standard InChI is InChI=1S/C16H27N3/c1-5-7-9-15(8-6-2)18-12-14-10-16(11-17)19(4)13(14)3/h10,15,18H,5-9,12H2,1-4H3. The summed E-state index contributed by atoms with van der Waals surface area (Å²) in [5.41, 5.74) is 3.18. The lowest BCUT2D eigenvalue weighted by atomic mass is 10.0. The van der Waals surface area contributed by atoms with Crippen LogP contribution in [0.3, 0.4) is 0 Å². The molecule has 0 aliphatic rings. The fourth-order valence-corrected chi connectivity index (χ4v) is 2.45. The molecular formula is C16H27N3. The van der Waals surface area contributed by atoms with Crippen LogP contribution in [0.1, 0.15) is 62.9 Å². The van der Waals surface area contributed by atoms with Crippen molar-refractivity contribution in [3.05, 3.63) is 23.0 Å². The lowest BCUT2D eigenvalue weighted by Gasteiger charge is -2.17. The quantitative estimate of drug-likeness (QED) is 0.776. The van der Waals surface area contributed by atoms with Crippen LogP contribution in [0.5, 0.6) is 0 Å². The Morgan fingerprint density at radius 1 is 1.32 bits per heavy atom. The molecule has 1 atom stereocenters. The molecule has 0 spiro atoms. The molecule has 0 aromatic carbocycles. The number of hydrogen-bond donors (Lipinski definition) is 1. The summed E-state index contributed by atoms with van der Waals surface area (Å²) in [5, 5.41) is 12.7. The van der Waals surface area contributed by atoms with E-state index in [4.69, 9.17) is 5.26 Å². The first kappa shape index (κ1) is 15.8. The summed E-state index contributed by atoms with van der Waals surface area (Å²) in [6.07, 6.45) is 6.25. The molecule has 0 bridgehead atoms. The molecule has 1 aromatic rings. The van der Waals surface area contributed by atoms with Crippen molar-refractivity contribution in [3.63, 3.8) is 0 Å². The van der Waals surface area contributed by atoms with Gasteiger partial charge in [-0.3, -0.25) is 0 Å². The SMILES string of the molecule is CCCCC(CCC)NCc1cc(C#N)n(C)c1C. The van der Waals surface area contributed by atoms with E-state index in [1.54, 1.807) is 0 Å². The van der Waals surface area contributed by atoms with Crippen molar-refractivity contribution in [1.29, 1.82) is 5.26 Å². The van der Waals surface area contributed by atoms with Crippen LogP contribution in [0.2, 0.25) is 0 Å². The molecule has 0 saturated heterocycles. The molecule has 1 heterocycles. The van der Waals surface area contributed by atoms with E-state index in [0.717, 1.165) is 12.2 Å². The molecule has 1 unspecified atom stereocenters. The number of rotatable bonds is 8. The van der Waals surface area contributed by atoms with Gasteiger partial charge in [0.25, 0.3) is 0 Å². The molecule has 0 fully saturated rings. The van der Waals surface area contributed by atoms with Gasteiger partial charge in [-0.2, -0.15) is 5.26 Å². The number of nitrogens with zero attached hydrogens (tertiary/aromatic N) is 2. The molecule has 1 rings (SSSR count). The fraction of sp³-hybridized carbons (Fsp3) is 0.688. The maximum atomic E-state index is 9.04. The highest BCUT2D eigenvalue weighted by Gasteiger charge is 2.11. The molecule has 3 nitrogen and oxygen atoms in total. The van der Waals surface area contributed by atoms with Gasteiger partial charge in [0.1, 0.15) is 11.8 Å².